The van der Waals surface area contributed by atoms with Crippen molar-refractivity contribution in [3.63, 3.8) is 0 Å². The molecule has 1 aliphatic carbocycles. The fourth-order valence-corrected chi connectivity index (χ4v) is 4.32. The molecular weight excluding hydrogens is 336 g/mol. The number of carbonyl (C=O) groups excluding carboxylic acids is 1. The molecule has 0 radical (unpaired) electrons. The minimum atomic E-state index is -3.64. The number of nitrogens with zero attached hydrogens (tertiary/aromatic N) is 1. The van der Waals surface area contributed by atoms with Crippen LogP contribution in [0.1, 0.15) is 20.3 Å². The Labute approximate surface area is 148 Å². The van der Waals surface area contributed by atoms with Crippen LogP contribution in [-0.4, -0.2) is 20.9 Å². The van der Waals surface area contributed by atoms with Crippen molar-refractivity contribution in [2.45, 2.75) is 25.2 Å². The normalized spacial score (nSPS) is 19.3. The molecule has 1 fully saturated rings. The van der Waals surface area contributed by atoms with Crippen molar-refractivity contribution in [2.24, 2.45) is 11.8 Å². The molecule has 2 aromatic carbocycles. The average molecular weight is 358 g/mol. The van der Waals surface area contributed by atoms with E-state index < -0.39 is 10.0 Å². The van der Waals surface area contributed by atoms with Gasteiger partial charge in [-0.05, 0) is 55.7 Å². The van der Waals surface area contributed by atoms with Gasteiger partial charge >= 0.3 is 0 Å². The molecule has 132 valence electrons. The standard InChI is InChI=1S/C19H22N2O3S/c1-3-21(16-7-5-4-6-8-16)25(23,24)17-11-9-15(10-12-17)20-19(22)18-13-14(18)2/h4-12,14,18H,3,13H2,1-2H3,(H,20,22)/t14-,18-/m0/s1. The molecule has 0 spiro atoms. The van der Waals surface area contributed by atoms with Crippen molar-refractivity contribution >= 4 is 27.3 Å². The number of hydrogen-bond acceptors (Lipinski definition) is 3. The molecule has 2 aromatic rings. The highest BCUT2D eigenvalue weighted by Crippen LogP contribution is 2.38. The number of amides is 1. The molecule has 5 nitrogen and oxygen atoms in total. The number of benzene rings is 2. The smallest absolute Gasteiger partial charge is 0.264 e. The summed E-state index contributed by atoms with van der Waals surface area (Å²) in [6.07, 6.45) is 0.917. The highest BCUT2D eigenvalue weighted by Gasteiger charge is 2.39. The van der Waals surface area contributed by atoms with Crippen molar-refractivity contribution < 1.29 is 13.2 Å². The Balaban J connectivity index is 1.79. The molecule has 0 heterocycles. The second kappa shape index (κ2) is 6.88. The van der Waals surface area contributed by atoms with Crippen molar-refractivity contribution in [1.29, 1.82) is 0 Å². The average Bonchev–Trinajstić information content (AvgIpc) is 3.34. The molecule has 0 aromatic heterocycles. The zero-order chi connectivity index (χ0) is 18.0. The number of rotatable bonds is 6. The van der Waals surface area contributed by atoms with Gasteiger partial charge < -0.3 is 5.32 Å². The van der Waals surface area contributed by atoms with Gasteiger partial charge in [0.25, 0.3) is 10.0 Å². The number of anilines is 2. The first-order chi connectivity index (χ1) is 11.9. The van der Waals surface area contributed by atoms with Crippen LogP contribution in [0.25, 0.3) is 0 Å². The van der Waals surface area contributed by atoms with Gasteiger partial charge in [-0.1, -0.05) is 25.1 Å². The number of para-hydroxylation sites is 1. The number of nitrogens with one attached hydrogen (secondary N) is 1. The van der Waals surface area contributed by atoms with Gasteiger partial charge in [0.2, 0.25) is 5.91 Å². The lowest BCUT2D eigenvalue weighted by molar-refractivity contribution is -0.117. The quantitative estimate of drug-likeness (QED) is 0.859. The summed E-state index contributed by atoms with van der Waals surface area (Å²) in [5.41, 5.74) is 1.25. The van der Waals surface area contributed by atoms with Crippen molar-refractivity contribution in [3.8, 4) is 0 Å². The first-order valence-corrected chi connectivity index (χ1v) is 9.86. The summed E-state index contributed by atoms with van der Waals surface area (Å²) in [6.45, 7) is 4.18. The van der Waals surface area contributed by atoms with Crippen LogP contribution in [0.5, 0.6) is 0 Å². The molecule has 25 heavy (non-hydrogen) atoms. The molecule has 0 saturated heterocycles. The number of carbonyl (C=O) groups is 1. The van der Waals surface area contributed by atoms with E-state index in [0.29, 0.717) is 23.8 Å². The Bertz CT molecular complexity index is 848. The molecular formula is C19H22N2O3S. The second-order valence-electron chi connectivity index (χ2n) is 6.34. The van der Waals surface area contributed by atoms with E-state index in [1.165, 1.54) is 16.4 Å². The van der Waals surface area contributed by atoms with Crippen LogP contribution >= 0.6 is 0 Å². The third-order valence-electron chi connectivity index (χ3n) is 4.49. The van der Waals surface area contributed by atoms with Crippen LogP contribution in [0, 0.1) is 11.8 Å². The van der Waals surface area contributed by atoms with E-state index in [1.54, 1.807) is 31.2 Å². The fraction of sp³-hybridized carbons (Fsp3) is 0.316. The summed E-state index contributed by atoms with van der Waals surface area (Å²) in [7, 11) is -3.64. The third kappa shape index (κ3) is 3.69. The van der Waals surface area contributed by atoms with Gasteiger partial charge in [-0.3, -0.25) is 9.10 Å². The van der Waals surface area contributed by atoms with Gasteiger partial charge in [0, 0.05) is 18.2 Å². The largest absolute Gasteiger partial charge is 0.326 e. The molecule has 3 rings (SSSR count). The van der Waals surface area contributed by atoms with E-state index in [9.17, 15) is 13.2 Å². The Morgan fingerprint density at radius 2 is 1.72 bits per heavy atom. The zero-order valence-electron chi connectivity index (χ0n) is 14.3. The summed E-state index contributed by atoms with van der Waals surface area (Å²) in [4.78, 5) is 12.2. The van der Waals surface area contributed by atoms with Crippen LogP contribution in [0.2, 0.25) is 0 Å². The topological polar surface area (TPSA) is 66.5 Å². The van der Waals surface area contributed by atoms with E-state index in [1.807, 2.05) is 25.1 Å². The Morgan fingerprint density at radius 1 is 1.12 bits per heavy atom. The molecule has 1 N–H and O–H groups in total. The van der Waals surface area contributed by atoms with E-state index in [-0.39, 0.29) is 16.7 Å². The van der Waals surface area contributed by atoms with E-state index in [4.69, 9.17) is 0 Å². The third-order valence-corrected chi connectivity index (χ3v) is 6.40. The van der Waals surface area contributed by atoms with Crippen molar-refractivity contribution in [3.05, 3.63) is 54.6 Å². The summed E-state index contributed by atoms with van der Waals surface area (Å²) >= 11 is 0. The first-order valence-electron chi connectivity index (χ1n) is 8.42. The van der Waals surface area contributed by atoms with Crippen LogP contribution in [0.3, 0.4) is 0 Å². The maximum absolute atomic E-state index is 12.9. The highest BCUT2D eigenvalue weighted by atomic mass is 32.2. The predicted octanol–water partition coefficient (Wildman–Crippen LogP) is 3.50. The van der Waals surface area contributed by atoms with Crippen LogP contribution in [0.4, 0.5) is 11.4 Å². The SMILES string of the molecule is CCN(c1ccccc1)S(=O)(=O)c1ccc(NC(=O)[C@H]2C[C@@H]2C)cc1. The number of hydrogen-bond donors (Lipinski definition) is 1. The van der Waals surface area contributed by atoms with Crippen LogP contribution in [-0.2, 0) is 14.8 Å². The Hall–Kier alpha value is -2.34. The molecule has 0 bridgehead atoms. The molecule has 1 saturated carbocycles. The van der Waals surface area contributed by atoms with Gasteiger partial charge in [0.05, 0.1) is 10.6 Å². The highest BCUT2D eigenvalue weighted by molar-refractivity contribution is 7.92. The van der Waals surface area contributed by atoms with Crippen molar-refractivity contribution in [1.82, 2.24) is 0 Å². The van der Waals surface area contributed by atoms with Gasteiger partial charge in [-0.25, -0.2) is 8.42 Å². The molecule has 1 aliphatic rings. The summed E-state index contributed by atoms with van der Waals surface area (Å²) in [6, 6.07) is 15.4. The lowest BCUT2D eigenvalue weighted by Gasteiger charge is -2.23. The summed E-state index contributed by atoms with van der Waals surface area (Å²) in [5.74, 6) is 0.517. The zero-order valence-corrected chi connectivity index (χ0v) is 15.2. The lowest BCUT2D eigenvalue weighted by atomic mass is 10.3. The van der Waals surface area contributed by atoms with Crippen LogP contribution in [0.15, 0.2) is 59.5 Å². The van der Waals surface area contributed by atoms with E-state index in [2.05, 4.69) is 5.32 Å². The maximum atomic E-state index is 12.9. The fourth-order valence-electron chi connectivity index (χ4n) is 2.85. The minimum absolute atomic E-state index is 0.00239. The maximum Gasteiger partial charge on any atom is 0.264 e. The van der Waals surface area contributed by atoms with Gasteiger partial charge in [0.1, 0.15) is 0 Å². The monoisotopic (exact) mass is 358 g/mol. The predicted molar refractivity (Wildman–Crippen MR) is 99.0 cm³/mol. The van der Waals surface area contributed by atoms with Gasteiger partial charge in [-0.2, -0.15) is 0 Å². The Morgan fingerprint density at radius 3 is 2.24 bits per heavy atom. The van der Waals surface area contributed by atoms with Gasteiger partial charge in [0.15, 0.2) is 0 Å². The van der Waals surface area contributed by atoms with Gasteiger partial charge in [-0.15, -0.1) is 0 Å². The minimum Gasteiger partial charge on any atom is -0.326 e. The van der Waals surface area contributed by atoms with E-state index in [0.717, 1.165) is 6.42 Å². The molecule has 2 atom stereocenters. The number of sulfonamides is 1. The lowest BCUT2D eigenvalue weighted by Crippen LogP contribution is -2.30. The van der Waals surface area contributed by atoms with Crippen molar-refractivity contribution in [2.75, 3.05) is 16.2 Å². The molecule has 1 amide bonds. The molecule has 0 unspecified atom stereocenters. The Kier molecular flexibility index (Phi) is 4.81. The molecule has 6 heteroatoms. The first kappa shape index (κ1) is 17.5. The van der Waals surface area contributed by atoms with Crippen LogP contribution < -0.4 is 9.62 Å². The molecule has 0 aliphatic heterocycles. The summed E-state index contributed by atoms with van der Waals surface area (Å²) in [5, 5.41) is 2.84. The second-order valence-corrected chi connectivity index (χ2v) is 8.20. The summed E-state index contributed by atoms with van der Waals surface area (Å²) < 4.78 is 27.2. The van der Waals surface area contributed by atoms with E-state index >= 15 is 0 Å².